The molecule has 42 heavy (non-hydrogen) atoms. The summed E-state index contributed by atoms with van der Waals surface area (Å²) in [6.45, 7) is -0.0678. The molecule has 0 aliphatic carbocycles. The monoisotopic (exact) mass is 576 g/mol. The number of aromatic amines is 1. The first-order chi connectivity index (χ1) is 20.5. The topological polar surface area (TPSA) is 145 Å². The number of amides is 2. The molecule has 0 saturated carbocycles. The second kappa shape index (κ2) is 11.5. The van der Waals surface area contributed by atoms with E-state index in [4.69, 9.17) is 10.5 Å². The standard InChI is InChI=1S/C31H24N6O4S/c32-29(39)28-23(14-27(42-28)41-22-9-5-2-6-10-22)24-17-35-30(19-7-3-1-4-8-19)37(31(24)40)18-26(38)34-16-21-13-20-15-33-12-11-25(20)36-21/h1-15,17,36H,16,18H2,(H2,32,39)(H,34,38). The van der Waals surface area contributed by atoms with Crippen molar-refractivity contribution >= 4 is 34.1 Å². The molecular weight excluding hydrogens is 552 g/mol. The van der Waals surface area contributed by atoms with Gasteiger partial charge in [0.15, 0.2) is 5.06 Å². The van der Waals surface area contributed by atoms with Crippen LogP contribution in [-0.2, 0) is 17.9 Å². The van der Waals surface area contributed by atoms with Crippen LogP contribution in [0.25, 0.3) is 33.4 Å². The lowest BCUT2D eigenvalue weighted by atomic mass is 10.1. The molecular formula is C31H24N6O4S. The van der Waals surface area contributed by atoms with E-state index < -0.39 is 17.4 Å². The Balaban J connectivity index is 1.34. The second-order valence-electron chi connectivity index (χ2n) is 9.37. The molecule has 6 aromatic rings. The molecule has 10 nitrogen and oxygen atoms in total. The van der Waals surface area contributed by atoms with E-state index in [-0.39, 0.29) is 29.1 Å². The maximum atomic E-state index is 14.0. The average Bonchev–Trinajstić information content (AvgIpc) is 3.62. The van der Waals surface area contributed by atoms with Crippen molar-refractivity contribution in [1.82, 2.24) is 24.8 Å². The maximum Gasteiger partial charge on any atom is 0.262 e. The predicted octanol–water partition coefficient (Wildman–Crippen LogP) is 4.72. The molecule has 4 N–H and O–H groups in total. The minimum atomic E-state index is -0.706. The number of aromatic nitrogens is 4. The van der Waals surface area contributed by atoms with Gasteiger partial charge in [-0.2, -0.15) is 0 Å². The third kappa shape index (κ3) is 5.54. The smallest absolute Gasteiger partial charge is 0.262 e. The second-order valence-corrected chi connectivity index (χ2v) is 10.4. The average molecular weight is 577 g/mol. The van der Waals surface area contributed by atoms with E-state index in [2.05, 4.69) is 20.3 Å². The van der Waals surface area contributed by atoms with Crippen molar-refractivity contribution in [3.63, 3.8) is 0 Å². The number of para-hydroxylation sites is 1. The molecule has 0 bridgehead atoms. The molecule has 0 aliphatic rings. The van der Waals surface area contributed by atoms with Crippen molar-refractivity contribution < 1.29 is 14.3 Å². The van der Waals surface area contributed by atoms with Gasteiger partial charge in [0.25, 0.3) is 11.5 Å². The summed E-state index contributed by atoms with van der Waals surface area (Å²) in [5, 5.41) is 4.18. The minimum absolute atomic E-state index is 0.124. The number of nitrogens with two attached hydrogens (primary N) is 1. The summed E-state index contributed by atoms with van der Waals surface area (Å²) in [6.07, 6.45) is 4.83. The quantitative estimate of drug-likeness (QED) is 0.227. The molecule has 0 fully saturated rings. The lowest BCUT2D eigenvalue weighted by Gasteiger charge is -2.14. The van der Waals surface area contributed by atoms with Crippen molar-refractivity contribution in [2.75, 3.05) is 0 Å². The van der Waals surface area contributed by atoms with Gasteiger partial charge in [-0.1, -0.05) is 59.9 Å². The number of H-pyrrole nitrogens is 1. The SMILES string of the molecule is NC(=O)c1sc(Oc2ccccc2)cc1-c1cnc(-c2ccccc2)n(CC(=O)NCc2cc3cnccc3[nH]2)c1=O. The van der Waals surface area contributed by atoms with Crippen LogP contribution < -0.4 is 21.3 Å². The first-order valence-corrected chi connectivity index (χ1v) is 13.8. The van der Waals surface area contributed by atoms with Crippen LogP contribution in [0.1, 0.15) is 15.4 Å². The number of nitrogens with one attached hydrogen (secondary N) is 2. The third-order valence-corrected chi connectivity index (χ3v) is 7.55. The van der Waals surface area contributed by atoms with E-state index in [1.54, 1.807) is 42.7 Å². The van der Waals surface area contributed by atoms with Gasteiger partial charge in [-0.15, -0.1) is 0 Å². The first-order valence-electron chi connectivity index (χ1n) is 13.0. The Kier molecular flexibility index (Phi) is 7.31. The number of thiophene rings is 1. The van der Waals surface area contributed by atoms with E-state index in [1.807, 2.05) is 48.5 Å². The van der Waals surface area contributed by atoms with Crippen molar-refractivity contribution in [1.29, 1.82) is 0 Å². The number of fused-ring (bicyclic) bond motifs is 1. The molecule has 0 atom stereocenters. The van der Waals surface area contributed by atoms with Crippen LogP contribution in [0.5, 0.6) is 10.8 Å². The van der Waals surface area contributed by atoms with Crippen molar-refractivity contribution in [2.45, 2.75) is 13.1 Å². The Morgan fingerprint density at radius 3 is 2.48 bits per heavy atom. The Labute approximate surface area is 243 Å². The predicted molar refractivity (Wildman–Crippen MR) is 160 cm³/mol. The van der Waals surface area contributed by atoms with Crippen molar-refractivity contribution in [2.24, 2.45) is 5.73 Å². The van der Waals surface area contributed by atoms with Crippen LogP contribution in [-0.4, -0.2) is 31.3 Å². The molecule has 0 radical (unpaired) electrons. The highest BCUT2D eigenvalue weighted by molar-refractivity contribution is 7.16. The first kappa shape index (κ1) is 26.7. The van der Waals surface area contributed by atoms with E-state index in [9.17, 15) is 14.4 Å². The van der Waals surface area contributed by atoms with Gasteiger partial charge in [-0.05, 0) is 24.3 Å². The number of nitrogens with zero attached hydrogens (tertiary/aromatic N) is 3. The number of pyridine rings is 1. The van der Waals surface area contributed by atoms with Gasteiger partial charge >= 0.3 is 0 Å². The maximum absolute atomic E-state index is 14.0. The Bertz CT molecular complexity index is 1930. The number of hydrogen-bond acceptors (Lipinski definition) is 7. The third-order valence-electron chi connectivity index (χ3n) is 6.52. The normalized spacial score (nSPS) is 11.0. The van der Waals surface area contributed by atoms with E-state index >= 15 is 0 Å². The number of primary amides is 1. The molecule has 11 heteroatoms. The van der Waals surface area contributed by atoms with Gasteiger partial charge in [0.05, 0.1) is 12.1 Å². The molecule has 208 valence electrons. The number of benzene rings is 2. The highest BCUT2D eigenvalue weighted by Crippen LogP contribution is 2.37. The largest absolute Gasteiger partial charge is 0.447 e. The zero-order valence-electron chi connectivity index (χ0n) is 22.1. The zero-order valence-corrected chi connectivity index (χ0v) is 22.9. The summed E-state index contributed by atoms with van der Waals surface area (Å²) >= 11 is 1.03. The molecule has 0 spiro atoms. The summed E-state index contributed by atoms with van der Waals surface area (Å²) in [5.74, 6) is -0.215. The van der Waals surface area contributed by atoms with Crippen LogP contribution in [0.4, 0.5) is 0 Å². The number of hydrogen-bond donors (Lipinski definition) is 3. The fourth-order valence-electron chi connectivity index (χ4n) is 4.57. The summed E-state index contributed by atoms with van der Waals surface area (Å²) < 4.78 is 7.21. The highest BCUT2D eigenvalue weighted by Gasteiger charge is 2.22. The van der Waals surface area contributed by atoms with E-state index in [0.29, 0.717) is 22.2 Å². The van der Waals surface area contributed by atoms with Gasteiger partial charge in [0.1, 0.15) is 23.0 Å². The zero-order chi connectivity index (χ0) is 29.1. The Morgan fingerprint density at radius 2 is 1.74 bits per heavy atom. The van der Waals surface area contributed by atoms with Gasteiger partial charge in [-0.25, -0.2) is 4.98 Å². The lowest BCUT2D eigenvalue weighted by Crippen LogP contribution is -2.34. The molecule has 2 amide bonds. The van der Waals surface area contributed by atoms with Crippen molar-refractivity contribution in [3.05, 3.63) is 118 Å². The number of carbonyl (C=O) groups excluding carboxylic acids is 2. The van der Waals surface area contributed by atoms with Crippen LogP contribution in [0, 0.1) is 0 Å². The van der Waals surface area contributed by atoms with Crippen LogP contribution in [0.3, 0.4) is 0 Å². The van der Waals surface area contributed by atoms with Gasteiger partial charge < -0.3 is 20.8 Å². The fourth-order valence-corrected chi connectivity index (χ4v) is 5.46. The van der Waals surface area contributed by atoms with E-state index in [0.717, 1.165) is 27.9 Å². The van der Waals surface area contributed by atoms with Gasteiger partial charge in [-0.3, -0.25) is 23.9 Å². The summed E-state index contributed by atoms with van der Waals surface area (Å²) in [5.41, 5.74) is 7.96. The molecule has 6 rings (SSSR count). The molecule has 2 aromatic carbocycles. The van der Waals surface area contributed by atoms with Crippen LogP contribution in [0.15, 0.2) is 102 Å². The molecule has 4 heterocycles. The number of ether oxygens (including phenoxy) is 1. The van der Waals surface area contributed by atoms with Gasteiger partial charge in [0, 0.05) is 52.4 Å². The van der Waals surface area contributed by atoms with Crippen LogP contribution in [0.2, 0.25) is 0 Å². The highest BCUT2D eigenvalue weighted by atomic mass is 32.1. The summed E-state index contributed by atoms with van der Waals surface area (Å²) in [7, 11) is 0. The fraction of sp³-hybridized carbons (Fsp3) is 0.0645. The van der Waals surface area contributed by atoms with E-state index in [1.165, 1.54) is 10.8 Å². The lowest BCUT2D eigenvalue weighted by molar-refractivity contribution is -0.121. The van der Waals surface area contributed by atoms with Crippen molar-refractivity contribution in [3.8, 4) is 33.3 Å². The molecule has 0 saturated heterocycles. The number of carbonyl (C=O) groups is 2. The molecule has 4 aromatic heterocycles. The molecule has 0 unspecified atom stereocenters. The number of rotatable bonds is 9. The minimum Gasteiger partial charge on any atom is -0.447 e. The van der Waals surface area contributed by atoms with Crippen LogP contribution >= 0.6 is 11.3 Å². The Hall–Kier alpha value is -5.55. The van der Waals surface area contributed by atoms with Gasteiger partial charge in [0.2, 0.25) is 5.91 Å². The summed E-state index contributed by atoms with van der Waals surface area (Å²) in [6, 6.07) is 23.5. The molecule has 0 aliphatic heterocycles. The summed E-state index contributed by atoms with van der Waals surface area (Å²) in [4.78, 5) is 51.6. The Morgan fingerprint density at radius 1 is 0.976 bits per heavy atom.